The van der Waals surface area contributed by atoms with E-state index in [0.29, 0.717) is 6.54 Å². The van der Waals surface area contributed by atoms with Crippen molar-refractivity contribution in [2.75, 3.05) is 31.9 Å². The summed E-state index contributed by atoms with van der Waals surface area (Å²) in [6.07, 6.45) is 2.89. The van der Waals surface area contributed by atoms with Gasteiger partial charge in [0.25, 0.3) is 0 Å². The second-order valence-corrected chi connectivity index (χ2v) is 7.14. The fraction of sp³-hybridized carbons (Fsp3) is 1.00. The lowest BCUT2D eigenvalue weighted by molar-refractivity contribution is 0.107. The molecule has 0 spiro atoms. The average molecular weight is 262 g/mol. The van der Waals surface area contributed by atoms with Gasteiger partial charge in [0.1, 0.15) is 0 Å². The number of aliphatic hydroxyl groups is 1. The Balaban J connectivity index is 1.92. The summed E-state index contributed by atoms with van der Waals surface area (Å²) in [6, 6.07) is 0. The predicted molar refractivity (Wildman–Crippen MR) is 66.2 cm³/mol. The van der Waals surface area contributed by atoms with E-state index < -0.39 is 16.1 Å². The number of rotatable bonds is 3. The van der Waals surface area contributed by atoms with E-state index in [1.165, 1.54) is 4.31 Å². The molecule has 0 bridgehead atoms. The molecule has 1 unspecified atom stereocenters. The van der Waals surface area contributed by atoms with Crippen LogP contribution in [0.2, 0.25) is 0 Å². The maximum atomic E-state index is 12.2. The minimum atomic E-state index is -3.17. The smallest absolute Gasteiger partial charge is 0.214 e. The Morgan fingerprint density at radius 1 is 1.24 bits per heavy atom. The Kier molecular flexibility index (Phi) is 4.41. The second-order valence-electron chi connectivity index (χ2n) is 5.13. The first kappa shape index (κ1) is 13.3. The van der Waals surface area contributed by atoms with Crippen molar-refractivity contribution in [1.29, 1.82) is 0 Å². The molecule has 100 valence electrons. The van der Waals surface area contributed by atoms with E-state index in [-0.39, 0.29) is 18.2 Å². The van der Waals surface area contributed by atoms with Crippen molar-refractivity contribution >= 4 is 10.0 Å². The van der Waals surface area contributed by atoms with Crippen molar-refractivity contribution in [3.05, 3.63) is 0 Å². The van der Waals surface area contributed by atoms with Crippen molar-refractivity contribution < 1.29 is 13.5 Å². The Morgan fingerprint density at radius 2 is 1.94 bits per heavy atom. The third-order valence-corrected chi connectivity index (χ3v) is 5.67. The predicted octanol–water partition coefficient (Wildman–Crippen LogP) is -0.227. The first-order valence-electron chi connectivity index (χ1n) is 6.44. The number of sulfonamides is 1. The zero-order valence-electron chi connectivity index (χ0n) is 10.1. The van der Waals surface area contributed by atoms with Gasteiger partial charge in [0.15, 0.2) is 0 Å². The van der Waals surface area contributed by atoms with Gasteiger partial charge >= 0.3 is 0 Å². The van der Waals surface area contributed by atoms with E-state index in [4.69, 9.17) is 0 Å². The molecule has 6 heteroatoms. The molecule has 2 saturated heterocycles. The summed E-state index contributed by atoms with van der Waals surface area (Å²) >= 11 is 0. The molecule has 0 amide bonds. The van der Waals surface area contributed by atoms with Crippen LogP contribution < -0.4 is 5.32 Å². The molecule has 5 nitrogen and oxygen atoms in total. The molecule has 0 radical (unpaired) electrons. The number of aliphatic hydroxyl groups excluding tert-OH is 1. The third-order valence-electron chi connectivity index (χ3n) is 3.66. The van der Waals surface area contributed by atoms with Crippen molar-refractivity contribution in [3.8, 4) is 0 Å². The molecular formula is C11H22N2O3S. The van der Waals surface area contributed by atoms with Gasteiger partial charge in [0.2, 0.25) is 10.0 Å². The lowest BCUT2D eigenvalue weighted by atomic mass is 10.0. The Bertz CT molecular complexity index is 339. The highest BCUT2D eigenvalue weighted by atomic mass is 32.2. The maximum Gasteiger partial charge on any atom is 0.214 e. The van der Waals surface area contributed by atoms with Crippen LogP contribution in [-0.2, 0) is 10.0 Å². The van der Waals surface area contributed by atoms with Gasteiger partial charge in [0, 0.05) is 13.1 Å². The molecule has 2 aliphatic heterocycles. The van der Waals surface area contributed by atoms with Crippen LogP contribution in [0, 0.1) is 5.92 Å². The molecule has 0 aromatic heterocycles. The zero-order chi connectivity index (χ0) is 12.3. The molecule has 2 rings (SSSR count). The van der Waals surface area contributed by atoms with Crippen LogP contribution >= 0.6 is 0 Å². The fourth-order valence-corrected chi connectivity index (χ4v) is 4.57. The number of hydrogen-bond donors (Lipinski definition) is 2. The van der Waals surface area contributed by atoms with E-state index >= 15 is 0 Å². The molecule has 2 aliphatic rings. The largest absolute Gasteiger partial charge is 0.392 e. The standard InChI is InChI=1S/C11H22N2O3S/c14-11-2-1-7-13(8-11)17(15,16)9-10-3-5-12-6-4-10/h10-12,14H,1-9H2. The van der Waals surface area contributed by atoms with Crippen LogP contribution in [0.5, 0.6) is 0 Å². The highest BCUT2D eigenvalue weighted by Gasteiger charge is 2.30. The molecule has 2 heterocycles. The first-order chi connectivity index (χ1) is 8.08. The van der Waals surface area contributed by atoms with Gasteiger partial charge in [-0.05, 0) is 44.7 Å². The molecule has 0 aromatic rings. The van der Waals surface area contributed by atoms with E-state index in [1.54, 1.807) is 0 Å². The van der Waals surface area contributed by atoms with Crippen molar-refractivity contribution in [1.82, 2.24) is 9.62 Å². The maximum absolute atomic E-state index is 12.2. The highest BCUT2D eigenvalue weighted by Crippen LogP contribution is 2.20. The van der Waals surface area contributed by atoms with E-state index in [9.17, 15) is 13.5 Å². The van der Waals surface area contributed by atoms with Gasteiger partial charge in [-0.2, -0.15) is 4.31 Å². The van der Waals surface area contributed by atoms with Gasteiger partial charge < -0.3 is 10.4 Å². The minimum absolute atomic E-state index is 0.251. The second kappa shape index (κ2) is 5.65. The SMILES string of the molecule is O=S(=O)(CC1CCNCC1)N1CCCC(O)C1. The normalized spacial score (nSPS) is 29.4. The fourth-order valence-electron chi connectivity index (χ4n) is 2.63. The van der Waals surface area contributed by atoms with Crippen LogP contribution in [0.1, 0.15) is 25.7 Å². The van der Waals surface area contributed by atoms with E-state index in [0.717, 1.165) is 38.8 Å². The van der Waals surface area contributed by atoms with Crippen LogP contribution in [0.15, 0.2) is 0 Å². The first-order valence-corrected chi connectivity index (χ1v) is 8.05. The third kappa shape index (κ3) is 3.64. The number of nitrogens with one attached hydrogen (secondary N) is 1. The van der Waals surface area contributed by atoms with Gasteiger partial charge in [-0.15, -0.1) is 0 Å². The van der Waals surface area contributed by atoms with Crippen molar-refractivity contribution in [3.63, 3.8) is 0 Å². The summed E-state index contributed by atoms with van der Waals surface area (Å²) in [5, 5.41) is 12.8. The lowest BCUT2D eigenvalue weighted by Crippen LogP contribution is -2.45. The van der Waals surface area contributed by atoms with Crippen LogP contribution in [0.3, 0.4) is 0 Å². The summed E-state index contributed by atoms with van der Waals surface area (Å²) in [6.45, 7) is 2.70. The zero-order valence-corrected chi connectivity index (χ0v) is 11.0. The van der Waals surface area contributed by atoms with Gasteiger partial charge in [-0.1, -0.05) is 0 Å². The van der Waals surface area contributed by atoms with Crippen molar-refractivity contribution in [2.24, 2.45) is 5.92 Å². The van der Waals surface area contributed by atoms with Crippen LogP contribution in [0.25, 0.3) is 0 Å². The monoisotopic (exact) mass is 262 g/mol. The number of piperidine rings is 2. The summed E-state index contributed by atoms with van der Waals surface area (Å²) in [7, 11) is -3.17. The number of hydrogen-bond acceptors (Lipinski definition) is 4. The van der Waals surface area contributed by atoms with E-state index in [2.05, 4.69) is 5.32 Å². The van der Waals surface area contributed by atoms with E-state index in [1.807, 2.05) is 0 Å². The lowest BCUT2D eigenvalue weighted by Gasteiger charge is -2.31. The van der Waals surface area contributed by atoms with Crippen LogP contribution in [0.4, 0.5) is 0 Å². The summed E-state index contributed by atoms with van der Waals surface area (Å²) in [5.74, 6) is 0.529. The van der Waals surface area contributed by atoms with Crippen LogP contribution in [-0.4, -0.2) is 55.9 Å². The molecule has 0 aliphatic carbocycles. The molecular weight excluding hydrogens is 240 g/mol. The highest BCUT2D eigenvalue weighted by molar-refractivity contribution is 7.89. The Labute approximate surface area is 103 Å². The topological polar surface area (TPSA) is 69.6 Å². The van der Waals surface area contributed by atoms with Gasteiger partial charge in [0.05, 0.1) is 11.9 Å². The van der Waals surface area contributed by atoms with Crippen molar-refractivity contribution in [2.45, 2.75) is 31.8 Å². The number of nitrogens with zero attached hydrogens (tertiary/aromatic N) is 1. The minimum Gasteiger partial charge on any atom is -0.392 e. The Hall–Kier alpha value is -0.170. The molecule has 2 N–H and O–H groups in total. The average Bonchev–Trinajstić information content (AvgIpc) is 2.30. The summed E-state index contributed by atoms with van der Waals surface area (Å²) < 4.78 is 25.9. The molecule has 1 atom stereocenters. The Morgan fingerprint density at radius 3 is 2.59 bits per heavy atom. The van der Waals surface area contributed by atoms with Gasteiger partial charge in [-0.3, -0.25) is 0 Å². The quantitative estimate of drug-likeness (QED) is 0.737. The summed E-state index contributed by atoms with van der Waals surface area (Å²) in [4.78, 5) is 0. The molecule has 17 heavy (non-hydrogen) atoms. The summed E-state index contributed by atoms with van der Waals surface area (Å²) in [5.41, 5.74) is 0. The molecule has 0 aromatic carbocycles. The molecule has 0 saturated carbocycles. The van der Waals surface area contributed by atoms with Gasteiger partial charge in [-0.25, -0.2) is 8.42 Å². The molecule has 2 fully saturated rings. The number of β-amino-alcohol motifs (C(OH)–C–C–N with tert-alkyl or cyclic N) is 1.